The van der Waals surface area contributed by atoms with E-state index in [2.05, 4.69) is 18.8 Å². The molecule has 1 saturated heterocycles. The van der Waals surface area contributed by atoms with E-state index in [0.29, 0.717) is 28.8 Å². The molecule has 0 saturated carbocycles. The van der Waals surface area contributed by atoms with Crippen LogP contribution in [-0.4, -0.2) is 22.3 Å². The van der Waals surface area contributed by atoms with Gasteiger partial charge in [-0.3, -0.25) is 4.79 Å². The van der Waals surface area contributed by atoms with E-state index in [1.807, 2.05) is 4.90 Å². The van der Waals surface area contributed by atoms with Crippen LogP contribution in [0.5, 0.6) is 0 Å². The van der Waals surface area contributed by atoms with Gasteiger partial charge in [-0.25, -0.2) is 4.98 Å². The summed E-state index contributed by atoms with van der Waals surface area (Å²) >= 11 is 12.0. The first kappa shape index (κ1) is 14.6. The first-order chi connectivity index (χ1) is 8.87. The Kier molecular flexibility index (Phi) is 4.36. The van der Waals surface area contributed by atoms with Crippen molar-refractivity contribution in [2.45, 2.75) is 39.7 Å². The quantitative estimate of drug-likeness (QED) is 0.776. The molecule has 1 amide bonds. The topological polar surface area (TPSA) is 33.2 Å². The van der Waals surface area contributed by atoms with Crippen LogP contribution in [0.3, 0.4) is 0 Å². The van der Waals surface area contributed by atoms with Crippen molar-refractivity contribution in [1.29, 1.82) is 0 Å². The minimum Gasteiger partial charge on any atom is -0.337 e. The molecular formula is C14H18Cl2N2O. The number of aromatic nitrogens is 1. The van der Waals surface area contributed by atoms with Crippen molar-refractivity contribution in [1.82, 2.24) is 9.88 Å². The fourth-order valence-corrected chi connectivity index (χ4v) is 2.54. The number of hydrogen-bond acceptors (Lipinski definition) is 2. The Balaban J connectivity index is 2.13. The van der Waals surface area contributed by atoms with Gasteiger partial charge in [0.1, 0.15) is 5.15 Å². The van der Waals surface area contributed by atoms with E-state index >= 15 is 0 Å². The summed E-state index contributed by atoms with van der Waals surface area (Å²) in [6.07, 6.45) is 2.52. The molecule has 0 aromatic carbocycles. The molecule has 0 radical (unpaired) electrons. The normalized spacial score (nSPS) is 19.4. The number of carbonyl (C=O) groups is 1. The van der Waals surface area contributed by atoms with E-state index in [1.165, 1.54) is 0 Å². The first-order valence-electron chi connectivity index (χ1n) is 6.46. The predicted octanol–water partition coefficient (Wildman–Crippen LogP) is 3.93. The van der Waals surface area contributed by atoms with Crippen LogP contribution >= 0.6 is 23.2 Å². The van der Waals surface area contributed by atoms with Crippen molar-refractivity contribution >= 4 is 29.1 Å². The standard InChI is InChI=1S/C14H18Cl2N2O/c1-14(2)6-5-13(19)18(8-7-14)9-11-10(15)3-4-12(16)17-11/h3-4H,5-9H2,1-2H3. The highest BCUT2D eigenvalue weighted by atomic mass is 35.5. The number of amides is 1. The second-order valence-corrected chi connectivity index (χ2v) is 6.59. The van der Waals surface area contributed by atoms with Crippen molar-refractivity contribution in [3.8, 4) is 0 Å². The molecule has 104 valence electrons. The molecule has 0 unspecified atom stereocenters. The third-order valence-corrected chi connectivity index (χ3v) is 4.21. The molecule has 1 aliphatic heterocycles. The fraction of sp³-hybridized carbons (Fsp3) is 0.571. The van der Waals surface area contributed by atoms with Gasteiger partial charge in [-0.2, -0.15) is 0 Å². The summed E-state index contributed by atoms with van der Waals surface area (Å²) in [6, 6.07) is 3.37. The Labute approximate surface area is 123 Å². The number of halogens is 2. The highest BCUT2D eigenvalue weighted by Gasteiger charge is 2.27. The summed E-state index contributed by atoms with van der Waals surface area (Å²) in [5.41, 5.74) is 0.887. The van der Waals surface area contributed by atoms with Gasteiger partial charge in [0.05, 0.1) is 17.3 Å². The maximum Gasteiger partial charge on any atom is 0.222 e. The van der Waals surface area contributed by atoms with Crippen LogP contribution < -0.4 is 0 Å². The molecule has 0 spiro atoms. The van der Waals surface area contributed by atoms with Crippen LogP contribution in [-0.2, 0) is 11.3 Å². The SMILES string of the molecule is CC1(C)CCC(=O)N(Cc2nc(Cl)ccc2Cl)CC1. The van der Waals surface area contributed by atoms with Crippen molar-refractivity contribution in [3.63, 3.8) is 0 Å². The number of hydrogen-bond donors (Lipinski definition) is 0. The van der Waals surface area contributed by atoms with Gasteiger partial charge in [-0.15, -0.1) is 0 Å². The minimum atomic E-state index is 0.170. The van der Waals surface area contributed by atoms with Gasteiger partial charge >= 0.3 is 0 Å². The summed E-state index contributed by atoms with van der Waals surface area (Å²) in [4.78, 5) is 18.2. The zero-order valence-electron chi connectivity index (χ0n) is 11.2. The van der Waals surface area contributed by atoms with Crippen LogP contribution in [0, 0.1) is 5.41 Å². The zero-order chi connectivity index (χ0) is 14.0. The van der Waals surface area contributed by atoms with Gasteiger partial charge in [-0.1, -0.05) is 37.0 Å². The number of rotatable bonds is 2. The Morgan fingerprint density at radius 2 is 2.05 bits per heavy atom. The molecule has 0 N–H and O–H groups in total. The van der Waals surface area contributed by atoms with E-state index in [9.17, 15) is 4.79 Å². The fourth-order valence-electron chi connectivity index (χ4n) is 2.21. The Bertz CT molecular complexity index is 488. The van der Waals surface area contributed by atoms with Crippen molar-refractivity contribution < 1.29 is 4.79 Å². The lowest BCUT2D eigenvalue weighted by Gasteiger charge is -2.23. The van der Waals surface area contributed by atoms with Gasteiger partial charge in [0.15, 0.2) is 0 Å². The summed E-state index contributed by atoms with van der Waals surface area (Å²) in [5.74, 6) is 0.170. The van der Waals surface area contributed by atoms with Crippen molar-refractivity contribution in [2.24, 2.45) is 5.41 Å². The molecule has 1 aromatic rings. The number of likely N-dealkylation sites (tertiary alicyclic amines) is 1. The lowest BCUT2D eigenvalue weighted by atomic mass is 9.85. The molecule has 3 nitrogen and oxygen atoms in total. The van der Waals surface area contributed by atoms with E-state index in [-0.39, 0.29) is 11.3 Å². The Morgan fingerprint density at radius 1 is 1.32 bits per heavy atom. The Hall–Kier alpha value is -0.800. The summed E-state index contributed by atoms with van der Waals surface area (Å²) in [6.45, 7) is 5.59. The maximum absolute atomic E-state index is 12.1. The molecule has 1 fully saturated rings. The molecule has 19 heavy (non-hydrogen) atoms. The average molecular weight is 301 g/mol. The van der Waals surface area contributed by atoms with Crippen LogP contribution in [0.1, 0.15) is 38.8 Å². The molecular weight excluding hydrogens is 283 g/mol. The average Bonchev–Trinajstić information content (AvgIpc) is 2.47. The highest BCUT2D eigenvalue weighted by molar-refractivity contribution is 6.32. The number of pyridine rings is 1. The lowest BCUT2D eigenvalue weighted by Crippen LogP contribution is -2.30. The van der Waals surface area contributed by atoms with E-state index in [0.717, 1.165) is 19.4 Å². The second-order valence-electron chi connectivity index (χ2n) is 5.79. The third kappa shape index (κ3) is 3.83. The second kappa shape index (κ2) is 5.68. The number of carbonyl (C=O) groups excluding carboxylic acids is 1. The van der Waals surface area contributed by atoms with Crippen molar-refractivity contribution in [2.75, 3.05) is 6.54 Å². The van der Waals surface area contributed by atoms with Crippen LogP contribution in [0.25, 0.3) is 0 Å². The van der Waals surface area contributed by atoms with Crippen LogP contribution in [0.15, 0.2) is 12.1 Å². The van der Waals surface area contributed by atoms with Crippen LogP contribution in [0.4, 0.5) is 0 Å². The van der Waals surface area contributed by atoms with Gasteiger partial charge in [0, 0.05) is 13.0 Å². The minimum absolute atomic E-state index is 0.170. The molecule has 2 heterocycles. The lowest BCUT2D eigenvalue weighted by molar-refractivity contribution is -0.131. The Morgan fingerprint density at radius 3 is 2.79 bits per heavy atom. The third-order valence-electron chi connectivity index (χ3n) is 3.65. The van der Waals surface area contributed by atoms with E-state index in [4.69, 9.17) is 23.2 Å². The predicted molar refractivity (Wildman–Crippen MR) is 77.3 cm³/mol. The molecule has 5 heteroatoms. The van der Waals surface area contributed by atoms with Gasteiger partial charge < -0.3 is 4.90 Å². The zero-order valence-corrected chi connectivity index (χ0v) is 12.8. The van der Waals surface area contributed by atoms with Gasteiger partial charge in [-0.05, 0) is 30.4 Å². The first-order valence-corrected chi connectivity index (χ1v) is 7.22. The van der Waals surface area contributed by atoms with E-state index in [1.54, 1.807) is 12.1 Å². The molecule has 0 aliphatic carbocycles. The molecule has 0 bridgehead atoms. The largest absolute Gasteiger partial charge is 0.337 e. The molecule has 1 aliphatic rings. The highest BCUT2D eigenvalue weighted by Crippen LogP contribution is 2.31. The summed E-state index contributed by atoms with van der Waals surface area (Å²) in [5, 5.41) is 0.961. The molecule has 0 atom stereocenters. The maximum atomic E-state index is 12.1. The van der Waals surface area contributed by atoms with Crippen LogP contribution in [0.2, 0.25) is 10.2 Å². The summed E-state index contributed by atoms with van der Waals surface area (Å²) < 4.78 is 0. The molecule has 2 rings (SSSR count). The summed E-state index contributed by atoms with van der Waals surface area (Å²) in [7, 11) is 0. The monoisotopic (exact) mass is 300 g/mol. The van der Waals surface area contributed by atoms with E-state index < -0.39 is 0 Å². The van der Waals surface area contributed by atoms with Crippen molar-refractivity contribution in [3.05, 3.63) is 28.0 Å². The van der Waals surface area contributed by atoms with Gasteiger partial charge in [0.2, 0.25) is 5.91 Å². The smallest absolute Gasteiger partial charge is 0.222 e. The number of nitrogens with zero attached hydrogens (tertiary/aromatic N) is 2. The molecule has 1 aromatic heterocycles. The van der Waals surface area contributed by atoms with Gasteiger partial charge in [0.25, 0.3) is 0 Å².